The zero-order valence-electron chi connectivity index (χ0n) is 11.7. The van der Waals surface area contributed by atoms with E-state index in [1.54, 1.807) is 0 Å². The quantitative estimate of drug-likeness (QED) is 0.680. The summed E-state index contributed by atoms with van der Waals surface area (Å²) in [6.07, 6.45) is 6.63. The lowest BCUT2D eigenvalue weighted by atomic mass is 9.87. The van der Waals surface area contributed by atoms with Crippen molar-refractivity contribution >= 4 is 5.91 Å². The zero-order valence-corrected chi connectivity index (χ0v) is 11.7. The van der Waals surface area contributed by atoms with Crippen LogP contribution < -0.4 is 5.32 Å². The third-order valence-corrected chi connectivity index (χ3v) is 3.37. The van der Waals surface area contributed by atoms with Gasteiger partial charge in [0.25, 0.3) is 0 Å². The van der Waals surface area contributed by atoms with Crippen molar-refractivity contribution in [2.24, 2.45) is 5.92 Å². The first-order valence-corrected chi connectivity index (χ1v) is 7.26. The van der Waals surface area contributed by atoms with E-state index in [2.05, 4.69) is 5.32 Å². The molecule has 0 atom stereocenters. The Hall–Kier alpha value is -0.610. The molecule has 0 aromatic rings. The molecular formula is C14H27NO3. The molecule has 0 spiro atoms. The van der Waals surface area contributed by atoms with Gasteiger partial charge in [0.15, 0.2) is 6.29 Å². The number of amides is 1. The summed E-state index contributed by atoms with van der Waals surface area (Å²) in [6.45, 7) is 5.51. The van der Waals surface area contributed by atoms with Crippen LogP contribution in [-0.2, 0) is 14.3 Å². The molecule has 1 N–H and O–H groups in total. The second kappa shape index (κ2) is 9.34. The van der Waals surface area contributed by atoms with Gasteiger partial charge in [0, 0.05) is 19.6 Å². The molecule has 1 amide bonds. The molecule has 0 aromatic heterocycles. The van der Waals surface area contributed by atoms with Crippen LogP contribution >= 0.6 is 0 Å². The molecule has 4 nitrogen and oxygen atoms in total. The van der Waals surface area contributed by atoms with E-state index in [1.807, 2.05) is 13.8 Å². The minimum absolute atomic E-state index is 0.131. The fourth-order valence-corrected chi connectivity index (χ4v) is 2.46. The SMILES string of the molecule is CCOC(CNC(=O)CC1CCCCC1)OCC. The summed E-state index contributed by atoms with van der Waals surface area (Å²) >= 11 is 0. The molecule has 0 aromatic carbocycles. The van der Waals surface area contributed by atoms with Crippen molar-refractivity contribution in [2.45, 2.75) is 58.7 Å². The Labute approximate surface area is 110 Å². The Balaban J connectivity index is 2.17. The number of hydrogen-bond donors (Lipinski definition) is 1. The van der Waals surface area contributed by atoms with Crippen molar-refractivity contribution in [1.29, 1.82) is 0 Å². The molecule has 0 bridgehead atoms. The lowest BCUT2D eigenvalue weighted by Gasteiger charge is -2.22. The molecule has 18 heavy (non-hydrogen) atoms. The lowest BCUT2D eigenvalue weighted by molar-refractivity contribution is -0.141. The monoisotopic (exact) mass is 257 g/mol. The summed E-state index contributed by atoms with van der Waals surface area (Å²) in [7, 11) is 0. The molecule has 1 rings (SSSR count). The minimum Gasteiger partial charge on any atom is -0.351 e. The average molecular weight is 257 g/mol. The molecule has 0 radical (unpaired) electrons. The number of hydrogen-bond acceptors (Lipinski definition) is 3. The van der Waals surface area contributed by atoms with E-state index < -0.39 is 0 Å². The van der Waals surface area contributed by atoms with E-state index >= 15 is 0 Å². The summed E-state index contributed by atoms with van der Waals surface area (Å²) in [5.41, 5.74) is 0. The van der Waals surface area contributed by atoms with Crippen LogP contribution in [0.3, 0.4) is 0 Å². The third kappa shape index (κ3) is 6.36. The van der Waals surface area contributed by atoms with Gasteiger partial charge in [0.2, 0.25) is 5.91 Å². The lowest BCUT2D eigenvalue weighted by Crippen LogP contribution is -2.36. The maximum absolute atomic E-state index is 11.8. The van der Waals surface area contributed by atoms with Gasteiger partial charge in [0.05, 0.1) is 6.54 Å². The second-order valence-electron chi connectivity index (χ2n) is 4.85. The van der Waals surface area contributed by atoms with Gasteiger partial charge in [0.1, 0.15) is 0 Å². The van der Waals surface area contributed by atoms with E-state index in [0.717, 1.165) is 0 Å². The van der Waals surface area contributed by atoms with Crippen LogP contribution in [0.1, 0.15) is 52.4 Å². The van der Waals surface area contributed by atoms with Crippen molar-refractivity contribution in [1.82, 2.24) is 5.32 Å². The Morgan fingerprint density at radius 3 is 2.33 bits per heavy atom. The topological polar surface area (TPSA) is 47.6 Å². The van der Waals surface area contributed by atoms with E-state index in [0.29, 0.717) is 32.1 Å². The van der Waals surface area contributed by atoms with E-state index in [1.165, 1.54) is 32.1 Å². The highest BCUT2D eigenvalue weighted by Gasteiger charge is 2.17. The van der Waals surface area contributed by atoms with Crippen molar-refractivity contribution < 1.29 is 14.3 Å². The Morgan fingerprint density at radius 1 is 1.17 bits per heavy atom. The van der Waals surface area contributed by atoms with E-state index in [9.17, 15) is 4.79 Å². The molecule has 0 heterocycles. The van der Waals surface area contributed by atoms with Crippen LogP contribution in [0.15, 0.2) is 0 Å². The van der Waals surface area contributed by atoms with Gasteiger partial charge in [-0.1, -0.05) is 19.3 Å². The minimum atomic E-state index is -0.310. The first-order valence-electron chi connectivity index (χ1n) is 7.26. The van der Waals surface area contributed by atoms with Crippen LogP contribution in [0.2, 0.25) is 0 Å². The van der Waals surface area contributed by atoms with Crippen LogP contribution in [0.25, 0.3) is 0 Å². The maximum atomic E-state index is 11.8. The Bertz CT molecular complexity index is 221. The first-order chi connectivity index (χ1) is 8.76. The van der Waals surface area contributed by atoms with Crippen molar-refractivity contribution in [3.63, 3.8) is 0 Å². The largest absolute Gasteiger partial charge is 0.351 e. The molecule has 1 aliphatic carbocycles. The maximum Gasteiger partial charge on any atom is 0.220 e. The second-order valence-corrected chi connectivity index (χ2v) is 4.85. The molecule has 1 saturated carbocycles. The standard InChI is InChI=1S/C14H27NO3/c1-3-17-14(18-4-2)11-15-13(16)10-12-8-6-5-7-9-12/h12,14H,3-11H2,1-2H3,(H,15,16). The summed E-state index contributed by atoms with van der Waals surface area (Å²) in [4.78, 5) is 11.8. The smallest absolute Gasteiger partial charge is 0.220 e. The highest BCUT2D eigenvalue weighted by molar-refractivity contribution is 5.76. The van der Waals surface area contributed by atoms with Crippen molar-refractivity contribution in [2.75, 3.05) is 19.8 Å². The molecule has 0 saturated heterocycles. The molecule has 1 fully saturated rings. The summed E-state index contributed by atoms with van der Waals surface area (Å²) in [5.74, 6) is 0.711. The van der Waals surface area contributed by atoms with Gasteiger partial charge in [-0.2, -0.15) is 0 Å². The van der Waals surface area contributed by atoms with Crippen molar-refractivity contribution in [3.05, 3.63) is 0 Å². The summed E-state index contributed by atoms with van der Waals surface area (Å²) in [6, 6.07) is 0. The highest BCUT2D eigenvalue weighted by atomic mass is 16.7. The van der Waals surface area contributed by atoms with E-state index in [-0.39, 0.29) is 12.2 Å². The van der Waals surface area contributed by atoms with Crippen LogP contribution in [0.5, 0.6) is 0 Å². The van der Waals surface area contributed by atoms with Crippen LogP contribution in [0.4, 0.5) is 0 Å². The Morgan fingerprint density at radius 2 is 1.78 bits per heavy atom. The van der Waals surface area contributed by atoms with Gasteiger partial charge in [-0.15, -0.1) is 0 Å². The van der Waals surface area contributed by atoms with Gasteiger partial charge in [-0.25, -0.2) is 0 Å². The molecule has 0 aliphatic heterocycles. The number of carbonyl (C=O) groups is 1. The predicted octanol–water partition coefficient (Wildman–Crippen LogP) is 2.47. The molecule has 0 unspecified atom stereocenters. The summed E-state index contributed by atoms with van der Waals surface area (Å²) < 4.78 is 10.8. The van der Waals surface area contributed by atoms with Gasteiger partial charge in [-0.05, 0) is 32.6 Å². The van der Waals surface area contributed by atoms with Crippen LogP contribution in [-0.4, -0.2) is 32.0 Å². The van der Waals surface area contributed by atoms with Gasteiger partial charge < -0.3 is 14.8 Å². The normalized spacial score (nSPS) is 17.1. The molecule has 1 aliphatic rings. The highest BCUT2D eigenvalue weighted by Crippen LogP contribution is 2.25. The molecule has 4 heteroatoms. The van der Waals surface area contributed by atoms with Crippen LogP contribution in [0, 0.1) is 5.92 Å². The number of carbonyl (C=O) groups excluding carboxylic acids is 1. The molecule has 106 valence electrons. The number of nitrogens with one attached hydrogen (secondary N) is 1. The summed E-state index contributed by atoms with van der Waals surface area (Å²) in [5, 5.41) is 2.91. The predicted molar refractivity (Wildman–Crippen MR) is 71.2 cm³/mol. The first kappa shape index (κ1) is 15.4. The van der Waals surface area contributed by atoms with Gasteiger partial charge in [-0.3, -0.25) is 4.79 Å². The number of ether oxygens (including phenoxy) is 2. The van der Waals surface area contributed by atoms with Crippen molar-refractivity contribution in [3.8, 4) is 0 Å². The Kier molecular flexibility index (Phi) is 8.01. The fraction of sp³-hybridized carbons (Fsp3) is 0.929. The van der Waals surface area contributed by atoms with E-state index in [4.69, 9.17) is 9.47 Å². The molecular weight excluding hydrogens is 230 g/mol. The fourth-order valence-electron chi connectivity index (χ4n) is 2.46. The third-order valence-electron chi connectivity index (χ3n) is 3.37. The average Bonchev–Trinajstić information content (AvgIpc) is 2.38. The number of rotatable bonds is 8. The zero-order chi connectivity index (χ0) is 13.2. The van der Waals surface area contributed by atoms with Gasteiger partial charge >= 0.3 is 0 Å².